The van der Waals surface area contributed by atoms with Crippen LogP contribution in [0.15, 0.2) is 48.5 Å². The van der Waals surface area contributed by atoms with E-state index in [0.717, 1.165) is 42.1 Å². The summed E-state index contributed by atoms with van der Waals surface area (Å²) in [4.78, 5) is 2.15. The van der Waals surface area contributed by atoms with Crippen LogP contribution in [0.3, 0.4) is 0 Å². The van der Waals surface area contributed by atoms with Crippen LogP contribution >= 0.6 is 0 Å². The molecule has 1 atom stereocenters. The third-order valence-electron chi connectivity index (χ3n) is 4.63. The van der Waals surface area contributed by atoms with Crippen molar-refractivity contribution in [3.8, 4) is 11.5 Å². The summed E-state index contributed by atoms with van der Waals surface area (Å²) < 4.78 is 16.6. The number of ether oxygens (including phenoxy) is 3. The van der Waals surface area contributed by atoms with Crippen molar-refractivity contribution in [2.24, 2.45) is 0 Å². The molecule has 0 unspecified atom stereocenters. The third-order valence-corrected chi connectivity index (χ3v) is 4.63. The summed E-state index contributed by atoms with van der Waals surface area (Å²) in [5, 5.41) is 13.6. The van der Waals surface area contributed by atoms with E-state index >= 15 is 0 Å². The maximum Gasteiger partial charge on any atom is 0.118 e. The van der Waals surface area contributed by atoms with Gasteiger partial charge in [0.15, 0.2) is 0 Å². The number of hydrogen-bond acceptors (Lipinski definition) is 6. The summed E-state index contributed by atoms with van der Waals surface area (Å²) in [5.74, 6) is 1.59. The molecule has 0 amide bonds. The molecule has 29 heavy (non-hydrogen) atoms. The van der Waals surface area contributed by atoms with E-state index in [1.54, 1.807) is 14.2 Å². The minimum atomic E-state index is -0.576. The highest BCUT2D eigenvalue weighted by Gasteiger charge is 2.17. The maximum atomic E-state index is 10.3. The van der Waals surface area contributed by atoms with Crippen LogP contribution < -0.4 is 14.8 Å². The Morgan fingerprint density at radius 2 is 1.41 bits per heavy atom. The zero-order valence-electron chi connectivity index (χ0n) is 17.9. The second-order valence-electron chi connectivity index (χ2n) is 7.27. The Morgan fingerprint density at radius 1 is 0.897 bits per heavy atom. The zero-order chi connectivity index (χ0) is 21.1. The molecule has 0 aliphatic heterocycles. The van der Waals surface area contributed by atoms with Crippen molar-refractivity contribution in [1.29, 1.82) is 0 Å². The first-order valence-corrected chi connectivity index (χ1v) is 9.96. The van der Waals surface area contributed by atoms with Gasteiger partial charge in [-0.25, -0.2) is 0 Å². The minimum absolute atomic E-state index is 0.239. The summed E-state index contributed by atoms with van der Waals surface area (Å²) in [6, 6.07) is 15.6. The van der Waals surface area contributed by atoms with Crippen molar-refractivity contribution in [2.75, 3.05) is 54.6 Å². The Bertz CT molecular complexity index is 642. The van der Waals surface area contributed by atoms with E-state index in [4.69, 9.17) is 14.2 Å². The first kappa shape index (κ1) is 23.2. The molecule has 0 bridgehead atoms. The number of nitrogens with one attached hydrogen (secondary N) is 1. The Hall–Kier alpha value is -2.12. The lowest BCUT2D eigenvalue weighted by Crippen LogP contribution is -2.32. The molecule has 0 spiro atoms. The van der Waals surface area contributed by atoms with Crippen LogP contribution in [0.5, 0.6) is 11.5 Å². The van der Waals surface area contributed by atoms with Gasteiger partial charge in [-0.05, 0) is 69.0 Å². The highest BCUT2D eigenvalue weighted by atomic mass is 16.5. The van der Waals surface area contributed by atoms with Crippen molar-refractivity contribution in [2.45, 2.75) is 18.6 Å². The van der Waals surface area contributed by atoms with E-state index in [9.17, 15) is 5.11 Å². The lowest BCUT2D eigenvalue weighted by Gasteiger charge is -2.22. The van der Waals surface area contributed by atoms with Crippen molar-refractivity contribution in [1.82, 2.24) is 10.2 Å². The molecule has 0 aliphatic carbocycles. The molecule has 2 aromatic rings. The van der Waals surface area contributed by atoms with E-state index < -0.39 is 6.10 Å². The highest BCUT2D eigenvalue weighted by molar-refractivity contribution is 5.36. The molecule has 160 valence electrons. The largest absolute Gasteiger partial charge is 0.497 e. The highest BCUT2D eigenvalue weighted by Crippen LogP contribution is 2.29. The first-order chi connectivity index (χ1) is 14.0. The van der Waals surface area contributed by atoms with Gasteiger partial charge >= 0.3 is 0 Å². The molecule has 2 aromatic carbocycles. The third kappa shape index (κ3) is 8.03. The van der Waals surface area contributed by atoms with Gasteiger partial charge in [0, 0.05) is 6.54 Å². The van der Waals surface area contributed by atoms with Crippen molar-refractivity contribution < 1.29 is 19.3 Å². The van der Waals surface area contributed by atoms with Crippen molar-refractivity contribution >= 4 is 0 Å². The number of rotatable bonds is 13. The average Bonchev–Trinajstić information content (AvgIpc) is 2.74. The van der Waals surface area contributed by atoms with E-state index in [1.165, 1.54) is 0 Å². The molecule has 2 N–H and O–H groups in total. The Morgan fingerprint density at radius 3 is 1.86 bits per heavy atom. The summed E-state index contributed by atoms with van der Waals surface area (Å²) in [6.07, 6.45) is 0.185. The summed E-state index contributed by atoms with van der Waals surface area (Å²) in [6.45, 7) is 2.64. The standard InChI is InChI=1S/C23H34N2O4/c1-25(2)15-5-14-24-16-20(26)17-29-23(18-6-10-21(27-3)11-7-18)19-8-12-22(28-4)13-9-19/h6-13,20,23-24,26H,5,14-17H2,1-4H3/t20-/m1/s1. The quantitative estimate of drug-likeness (QED) is 0.503. The SMILES string of the molecule is COc1ccc(C(OC[C@H](O)CNCCCN(C)C)c2ccc(OC)cc2)cc1. The molecule has 2 rings (SSSR count). The summed E-state index contributed by atoms with van der Waals surface area (Å²) in [5.41, 5.74) is 2.00. The van der Waals surface area contributed by atoms with Crippen LogP contribution in [0.1, 0.15) is 23.7 Å². The minimum Gasteiger partial charge on any atom is -0.497 e. The molecule has 0 saturated heterocycles. The van der Waals surface area contributed by atoms with Crippen LogP contribution in [-0.2, 0) is 4.74 Å². The number of methoxy groups -OCH3 is 2. The van der Waals surface area contributed by atoms with Gasteiger partial charge in [-0.15, -0.1) is 0 Å². The molecule has 0 fully saturated rings. The molecule has 6 heteroatoms. The summed E-state index contributed by atoms with van der Waals surface area (Å²) in [7, 11) is 7.41. The van der Waals surface area contributed by atoms with E-state index in [0.29, 0.717) is 6.54 Å². The lowest BCUT2D eigenvalue weighted by molar-refractivity contribution is 0.00660. The number of aliphatic hydroxyl groups excluding tert-OH is 1. The smallest absolute Gasteiger partial charge is 0.118 e. The number of nitrogens with zero attached hydrogens (tertiary/aromatic N) is 1. The summed E-state index contributed by atoms with van der Waals surface area (Å²) >= 11 is 0. The number of hydrogen-bond donors (Lipinski definition) is 2. The second kappa shape index (κ2) is 12.4. The topological polar surface area (TPSA) is 63.2 Å². The molecule has 6 nitrogen and oxygen atoms in total. The second-order valence-corrected chi connectivity index (χ2v) is 7.27. The van der Waals surface area contributed by atoms with Gasteiger partial charge in [-0.1, -0.05) is 24.3 Å². The molecule has 0 aliphatic rings. The number of benzene rings is 2. The van der Waals surface area contributed by atoms with E-state index in [-0.39, 0.29) is 12.7 Å². The van der Waals surface area contributed by atoms with Crippen LogP contribution in [0, 0.1) is 0 Å². The van der Waals surface area contributed by atoms with Gasteiger partial charge in [0.2, 0.25) is 0 Å². The monoisotopic (exact) mass is 402 g/mol. The van der Waals surface area contributed by atoms with Gasteiger partial charge in [0.05, 0.1) is 26.9 Å². The Kier molecular flexibility index (Phi) is 9.94. The molecule has 0 aromatic heterocycles. The maximum absolute atomic E-state index is 10.3. The van der Waals surface area contributed by atoms with Gasteiger partial charge in [0.25, 0.3) is 0 Å². The Labute approximate surface area is 174 Å². The lowest BCUT2D eigenvalue weighted by atomic mass is 10.0. The van der Waals surface area contributed by atoms with Gasteiger partial charge in [-0.3, -0.25) is 0 Å². The molecule has 0 heterocycles. The van der Waals surface area contributed by atoms with Crippen LogP contribution in [-0.4, -0.2) is 70.7 Å². The van der Waals surface area contributed by atoms with Gasteiger partial charge in [-0.2, -0.15) is 0 Å². The molecule has 0 radical (unpaired) electrons. The zero-order valence-corrected chi connectivity index (χ0v) is 17.9. The van der Waals surface area contributed by atoms with Crippen LogP contribution in [0.4, 0.5) is 0 Å². The fourth-order valence-corrected chi connectivity index (χ4v) is 3.00. The van der Waals surface area contributed by atoms with Gasteiger partial charge < -0.3 is 29.5 Å². The molecular formula is C23H34N2O4. The normalized spacial score (nSPS) is 12.4. The predicted molar refractivity (Wildman–Crippen MR) is 116 cm³/mol. The fraction of sp³-hybridized carbons (Fsp3) is 0.478. The van der Waals surface area contributed by atoms with E-state index in [1.807, 2.05) is 48.5 Å². The number of aliphatic hydroxyl groups is 1. The van der Waals surface area contributed by atoms with E-state index in [2.05, 4.69) is 24.3 Å². The molecule has 0 saturated carbocycles. The molecular weight excluding hydrogens is 368 g/mol. The average molecular weight is 403 g/mol. The van der Waals surface area contributed by atoms with Crippen LogP contribution in [0.2, 0.25) is 0 Å². The fourth-order valence-electron chi connectivity index (χ4n) is 3.00. The predicted octanol–water partition coefficient (Wildman–Crippen LogP) is 2.71. The Balaban J connectivity index is 1.97. The van der Waals surface area contributed by atoms with Crippen molar-refractivity contribution in [3.63, 3.8) is 0 Å². The van der Waals surface area contributed by atoms with Crippen LogP contribution in [0.25, 0.3) is 0 Å². The van der Waals surface area contributed by atoms with Crippen molar-refractivity contribution in [3.05, 3.63) is 59.7 Å². The first-order valence-electron chi connectivity index (χ1n) is 9.96. The van der Waals surface area contributed by atoms with Gasteiger partial charge in [0.1, 0.15) is 17.6 Å².